The highest BCUT2D eigenvalue weighted by molar-refractivity contribution is 7.92. The van der Waals surface area contributed by atoms with Crippen molar-refractivity contribution in [1.82, 2.24) is 4.98 Å². The lowest BCUT2D eigenvalue weighted by Crippen LogP contribution is -2.14. The summed E-state index contributed by atoms with van der Waals surface area (Å²) in [5.74, 6) is 1.09. The number of aromatic nitrogens is 1. The van der Waals surface area contributed by atoms with Crippen molar-refractivity contribution >= 4 is 33.1 Å². The first-order valence-electron chi connectivity index (χ1n) is 8.36. The van der Waals surface area contributed by atoms with Crippen LogP contribution in [0.3, 0.4) is 0 Å². The molecule has 1 heterocycles. The van der Waals surface area contributed by atoms with Gasteiger partial charge in [0.25, 0.3) is 10.0 Å². The van der Waals surface area contributed by atoms with Crippen LogP contribution in [0.15, 0.2) is 47.5 Å². The van der Waals surface area contributed by atoms with Gasteiger partial charge < -0.3 is 10.6 Å². The van der Waals surface area contributed by atoms with Crippen LogP contribution in [-0.2, 0) is 14.8 Å². The van der Waals surface area contributed by atoms with Gasteiger partial charge in [-0.05, 0) is 48.7 Å². The molecule has 0 aliphatic heterocycles. The van der Waals surface area contributed by atoms with Gasteiger partial charge in [-0.2, -0.15) is 0 Å². The number of hydrogen-bond donors (Lipinski definition) is 3. The molecular formula is C18H24N4O3S. The van der Waals surface area contributed by atoms with Crippen molar-refractivity contribution in [1.29, 1.82) is 0 Å². The Morgan fingerprint density at radius 2 is 1.73 bits per heavy atom. The largest absolute Gasteiger partial charge is 0.370 e. The minimum Gasteiger partial charge on any atom is -0.370 e. The van der Waals surface area contributed by atoms with Crippen molar-refractivity contribution < 1.29 is 13.2 Å². The monoisotopic (exact) mass is 376 g/mol. The summed E-state index contributed by atoms with van der Waals surface area (Å²) < 4.78 is 27.3. The fourth-order valence-corrected chi connectivity index (χ4v) is 3.23. The number of sulfonamides is 1. The Bertz CT molecular complexity index is 832. The molecule has 7 nitrogen and oxygen atoms in total. The zero-order valence-corrected chi connectivity index (χ0v) is 15.9. The van der Waals surface area contributed by atoms with Crippen LogP contribution in [0.1, 0.15) is 27.2 Å². The van der Waals surface area contributed by atoms with E-state index in [4.69, 9.17) is 0 Å². The molecule has 0 saturated heterocycles. The number of rotatable bonds is 8. The molecule has 2 rings (SSSR count). The number of carbonyl (C=O) groups excluding carboxylic acids is 1. The third kappa shape index (κ3) is 6.03. The number of hydrogen-bond acceptors (Lipinski definition) is 5. The fraction of sp³-hybridized carbons (Fsp3) is 0.333. The van der Waals surface area contributed by atoms with Gasteiger partial charge >= 0.3 is 0 Å². The van der Waals surface area contributed by atoms with Gasteiger partial charge in [0.05, 0.1) is 16.8 Å². The molecule has 0 bridgehead atoms. The van der Waals surface area contributed by atoms with Crippen molar-refractivity contribution in [3.8, 4) is 0 Å². The molecule has 26 heavy (non-hydrogen) atoms. The molecule has 0 fully saturated rings. The molecule has 0 aliphatic rings. The molecule has 1 aromatic heterocycles. The van der Waals surface area contributed by atoms with Gasteiger partial charge in [0.2, 0.25) is 5.91 Å². The van der Waals surface area contributed by atoms with Crippen molar-refractivity contribution in [3.63, 3.8) is 0 Å². The van der Waals surface area contributed by atoms with Gasteiger partial charge in [0.1, 0.15) is 5.82 Å². The Kier molecular flexibility index (Phi) is 6.57. The molecular weight excluding hydrogens is 352 g/mol. The van der Waals surface area contributed by atoms with Crippen molar-refractivity contribution in [3.05, 3.63) is 42.6 Å². The van der Waals surface area contributed by atoms with Gasteiger partial charge in [-0.15, -0.1) is 0 Å². The number of nitrogens with zero attached hydrogens (tertiary/aromatic N) is 1. The first-order valence-corrected chi connectivity index (χ1v) is 9.85. The van der Waals surface area contributed by atoms with Crippen LogP contribution in [0.5, 0.6) is 0 Å². The van der Waals surface area contributed by atoms with Gasteiger partial charge in [0.15, 0.2) is 0 Å². The molecule has 8 heteroatoms. The van der Waals surface area contributed by atoms with E-state index in [2.05, 4.69) is 34.2 Å². The number of benzene rings is 1. The minimum atomic E-state index is -3.72. The lowest BCUT2D eigenvalue weighted by Gasteiger charge is -2.10. The number of amides is 1. The lowest BCUT2D eigenvalue weighted by atomic mass is 10.1. The van der Waals surface area contributed by atoms with E-state index in [1.54, 1.807) is 12.1 Å². The van der Waals surface area contributed by atoms with Crippen LogP contribution in [0.2, 0.25) is 0 Å². The van der Waals surface area contributed by atoms with Gasteiger partial charge in [-0.1, -0.05) is 13.8 Å². The highest BCUT2D eigenvalue weighted by Crippen LogP contribution is 2.18. The summed E-state index contributed by atoms with van der Waals surface area (Å²) in [7, 11) is -3.72. The molecule has 0 spiro atoms. The number of anilines is 3. The molecule has 0 saturated carbocycles. The molecule has 0 radical (unpaired) electrons. The maximum absolute atomic E-state index is 12.4. The highest BCUT2D eigenvalue weighted by Gasteiger charge is 2.14. The second kappa shape index (κ2) is 8.66. The Morgan fingerprint density at radius 3 is 2.27 bits per heavy atom. The quantitative estimate of drug-likeness (QED) is 0.656. The van der Waals surface area contributed by atoms with E-state index in [0.717, 1.165) is 13.0 Å². The van der Waals surface area contributed by atoms with Crippen LogP contribution >= 0.6 is 0 Å². The zero-order chi connectivity index (χ0) is 19.2. The van der Waals surface area contributed by atoms with Crippen LogP contribution in [0, 0.1) is 5.92 Å². The predicted molar refractivity (Wildman–Crippen MR) is 104 cm³/mol. The summed E-state index contributed by atoms with van der Waals surface area (Å²) >= 11 is 0. The normalized spacial score (nSPS) is 11.2. The Labute approximate surface area is 154 Å². The summed E-state index contributed by atoms with van der Waals surface area (Å²) in [6, 6.07) is 9.34. The maximum atomic E-state index is 12.4. The Balaban J connectivity index is 2.01. The lowest BCUT2D eigenvalue weighted by molar-refractivity contribution is -0.114. The van der Waals surface area contributed by atoms with Gasteiger partial charge in [0, 0.05) is 19.2 Å². The van der Waals surface area contributed by atoms with E-state index < -0.39 is 10.0 Å². The van der Waals surface area contributed by atoms with Crippen LogP contribution in [-0.4, -0.2) is 25.9 Å². The van der Waals surface area contributed by atoms with Gasteiger partial charge in [-0.25, -0.2) is 13.4 Å². The molecule has 0 aliphatic carbocycles. The van der Waals surface area contributed by atoms with E-state index in [1.807, 2.05) is 0 Å². The summed E-state index contributed by atoms with van der Waals surface area (Å²) in [6.07, 6.45) is 2.51. The maximum Gasteiger partial charge on any atom is 0.261 e. The van der Waals surface area contributed by atoms with E-state index in [1.165, 1.54) is 37.4 Å². The zero-order valence-electron chi connectivity index (χ0n) is 15.1. The molecule has 0 unspecified atom stereocenters. The molecule has 3 N–H and O–H groups in total. The first-order chi connectivity index (χ1) is 12.3. The summed E-state index contributed by atoms with van der Waals surface area (Å²) in [5, 5.41) is 5.79. The molecule has 140 valence electrons. The average molecular weight is 376 g/mol. The van der Waals surface area contributed by atoms with Crippen LogP contribution in [0.4, 0.5) is 17.2 Å². The van der Waals surface area contributed by atoms with Crippen LogP contribution in [0.25, 0.3) is 0 Å². The second-order valence-electron chi connectivity index (χ2n) is 6.35. The second-order valence-corrected chi connectivity index (χ2v) is 8.03. The molecule has 1 amide bonds. The number of nitrogens with one attached hydrogen (secondary N) is 3. The topological polar surface area (TPSA) is 100 Å². The molecule has 1 aromatic carbocycles. The minimum absolute atomic E-state index is 0.103. The average Bonchev–Trinajstić information content (AvgIpc) is 2.56. The third-order valence-corrected chi connectivity index (χ3v) is 4.93. The van der Waals surface area contributed by atoms with E-state index >= 15 is 0 Å². The Morgan fingerprint density at radius 1 is 1.08 bits per heavy atom. The summed E-state index contributed by atoms with van der Waals surface area (Å²) in [6.45, 7) is 6.50. The number of carbonyl (C=O) groups is 1. The molecule has 2 aromatic rings. The highest BCUT2D eigenvalue weighted by atomic mass is 32.2. The van der Waals surface area contributed by atoms with Crippen molar-refractivity contribution in [2.24, 2.45) is 5.92 Å². The summed E-state index contributed by atoms with van der Waals surface area (Å²) in [5.41, 5.74) is 0.917. The smallest absolute Gasteiger partial charge is 0.261 e. The number of pyridine rings is 1. The van der Waals surface area contributed by atoms with E-state index in [-0.39, 0.29) is 10.8 Å². The van der Waals surface area contributed by atoms with Crippen molar-refractivity contribution in [2.45, 2.75) is 32.1 Å². The standard InChI is InChI=1S/C18H24N4O3S/c1-13(2)10-11-19-18-9-6-16(12-20-18)22-26(24,25)17-7-4-15(5-8-17)21-14(3)23/h4-9,12-13,22H,10-11H2,1-3H3,(H,19,20)(H,21,23). The first kappa shape index (κ1) is 19.7. The van der Waals surface area contributed by atoms with E-state index in [0.29, 0.717) is 23.1 Å². The Hall–Kier alpha value is -2.61. The van der Waals surface area contributed by atoms with Crippen LogP contribution < -0.4 is 15.4 Å². The van der Waals surface area contributed by atoms with Crippen molar-refractivity contribution in [2.75, 3.05) is 21.9 Å². The predicted octanol–water partition coefficient (Wildman–Crippen LogP) is 3.30. The fourth-order valence-electron chi connectivity index (χ4n) is 2.18. The molecule has 0 atom stereocenters. The van der Waals surface area contributed by atoms with E-state index in [9.17, 15) is 13.2 Å². The summed E-state index contributed by atoms with van der Waals surface area (Å²) in [4.78, 5) is 15.3. The van der Waals surface area contributed by atoms with Gasteiger partial charge in [-0.3, -0.25) is 9.52 Å². The third-order valence-electron chi connectivity index (χ3n) is 3.53. The SMILES string of the molecule is CC(=O)Nc1ccc(S(=O)(=O)Nc2ccc(NCCC(C)C)nc2)cc1.